The molecule has 0 saturated heterocycles. The number of fused-ring (bicyclic) bond motifs is 1. The van der Waals surface area contributed by atoms with Crippen molar-refractivity contribution in [1.29, 1.82) is 0 Å². The van der Waals surface area contributed by atoms with Crippen LogP contribution in [0.25, 0.3) is 0 Å². The molecule has 0 bridgehead atoms. The molecule has 84 valence electrons. The highest BCUT2D eigenvalue weighted by Gasteiger charge is 2.56. The van der Waals surface area contributed by atoms with Crippen molar-refractivity contribution in [2.75, 3.05) is 0 Å². The Morgan fingerprint density at radius 3 is 2.44 bits per heavy atom. The first-order chi connectivity index (χ1) is 7.68. The third kappa shape index (κ3) is 1.41. The highest BCUT2D eigenvalue weighted by atomic mass is 16.1. The number of carbonyl (C=O) groups is 1. The van der Waals surface area contributed by atoms with Crippen molar-refractivity contribution < 1.29 is 4.79 Å². The lowest BCUT2D eigenvalue weighted by atomic mass is 9.98. The van der Waals surface area contributed by atoms with Gasteiger partial charge in [-0.1, -0.05) is 18.6 Å². The Hall–Kier alpha value is -1.11. The first-order valence-corrected chi connectivity index (χ1v) is 6.30. The second-order valence-electron chi connectivity index (χ2n) is 5.45. The van der Waals surface area contributed by atoms with E-state index in [1.54, 1.807) is 0 Å². The quantitative estimate of drug-likeness (QED) is 0.688. The maximum atomic E-state index is 12.3. The van der Waals surface area contributed by atoms with E-state index in [0.717, 1.165) is 17.4 Å². The van der Waals surface area contributed by atoms with E-state index < -0.39 is 0 Å². The minimum Gasteiger partial charge on any atom is -0.294 e. The van der Waals surface area contributed by atoms with Crippen LogP contribution in [0.1, 0.15) is 40.7 Å². The fourth-order valence-electron chi connectivity index (χ4n) is 3.30. The van der Waals surface area contributed by atoms with Gasteiger partial charge in [0.05, 0.1) is 0 Å². The van der Waals surface area contributed by atoms with Crippen molar-refractivity contribution in [2.24, 2.45) is 17.8 Å². The van der Waals surface area contributed by atoms with E-state index >= 15 is 0 Å². The topological polar surface area (TPSA) is 17.1 Å². The molecule has 0 amide bonds. The van der Waals surface area contributed by atoms with Crippen LogP contribution in [-0.2, 0) is 0 Å². The summed E-state index contributed by atoms with van der Waals surface area (Å²) in [5.74, 6) is 2.23. The fourth-order valence-corrected chi connectivity index (χ4v) is 3.30. The molecule has 3 rings (SSSR count). The normalized spacial score (nSPS) is 31.2. The molecule has 1 nitrogen and oxygen atoms in total. The van der Waals surface area contributed by atoms with E-state index in [4.69, 9.17) is 0 Å². The lowest BCUT2D eigenvalue weighted by molar-refractivity contribution is 0.0951. The molecule has 16 heavy (non-hydrogen) atoms. The van der Waals surface area contributed by atoms with Crippen LogP contribution in [0.3, 0.4) is 0 Å². The van der Waals surface area contributed by atoms with Crippen LogP contribution >= 0.6 is 0 Å². The zero-order valence-corrected chi connectivity index (χ0v) is 9.99. The van der Waals surface area contributed by atoms with Crippen molar-refractivity contribution in [3.8, 4) is 0 Å². The van der Waals surface area contributed by atoms with Gasteiger partial charge in [0.2, 0.25) is 0 Å². The van der Waals surface area contributed by atoms with Gasteiger partial charge in [0.1, 0.15) is 0 Å². The average Bonchev–Trinajstić information content (AvgIpc) is 2.74. The number of aryl methyl sites for hydroxylation is 2. The summed E-state index contributed by atoms with van der Waals surface area (Å²) in [6, 6.07) is 6.13. The van der Waals surface area contributed by atoms with Gasteiger partial charge < -0.3 is 0 Å². The Balaban J connectivity index is 1.82. The Kier molecular flexibility index (Phi) is 2.17. The molecule has 1 aromatic rings. The van der Waals surface area contributed by atoms with Crippen LogP contribution in [0.4, 0.5) is 0 Å². The Morgan fingerprint density at radius 1 is 1.12 bits per heavy atom. The molecule has 0 aromatic heterocycles. The molecule has 0 N–H and O–H groups in total. The zero-order valence-electron chi connectivity index (χ0n) is 9.99. The SMILES string of the molecule is Cc1ccc(C(=O)C2C3CCCC32)cc1C. The second-order valence-corrected chi connectivity index (χ2v) is 5.45. The van der Waals surface area contributed by atoms with E-state index in [0.29, 0.717) is 11.7 Å². The second kappa shape index (κ2) is 3.44. The standard InChI is InChI=1S/C15H18O/c1-9-6-7-11(8-10(9)2)15(16)14-12-4-3-5-13(12)14/h6-8,12-14H,3-5H2,1-2H3. The van der Waals surface area contributed by atoms with Gasteiger partial charge >= 0.3 is 0 Å². The molecular weight excluding hydrogens is 196 g/mol. The van der Waals surface area contributed by atoms with Crippen LogP contribution < -0.4 is 0 Å². The predicted molar refractivity (Wildman–Crippen MR) is 64.6 cm³/mol. The summed E-state index contributed by atoms with van der Waals surface area (Å²) >= 11 is 0. The molecule has 1 aromatic carbocycles. The van der Waals surface area contributed by atoms with E-state index in [9.17, 15) is 4.79 Å². The first-order valence-electron chi connectivity index (χ1n) is 6.30. The summed E-state index contributed by atoms with van der Waals surface area (Å²) in [5.41, 5.74) is 3.44. The average molecular weight is 214 g/mol. The smallest absolute Gasteiger partial charge is 0.166 e. The third-order valence-corrected chi connectivity index (χ3v) is 4.50. The molecule has 2 fully saturated rings. The molecular formula is C15H18O. The molecule has 0 heterocycles. The summed E-state index contributed by atoms with van der Waals surface area (Å²) < 4.78 is 0. The predicted octanol–water partition coefficient (Wildman–Crippen LogP) is 3.53. The van der Waals surface area contributed by atoms with Gasteiger partial charge in [-0.3, -0.25) is 4.79 Å². The maximum Gasteiger partial charge on any atom is 0.166 e. The lowest BCUT2D eigenvalue weighted by Gasteiger charge is -2.06. The number of carbonyl (C=O) groups excluding carboxylic acids is 1. The molecule has 1 heteroatoms. The molecule has 0 aliphatic heterocycles. The van der Waals surface area contributed by atoms with Crippen molar-refractivity contribution in [2.45, 2.75) is 33.1 Å². The Labute approximate surface area is 96.9 Å². The van der Waals surface area contributed by atoms with Gasteiger partial charge in [0.25, 0.3) is 0 Å². The van der Waals surface area contributed by atoms with Crippen molar-refractivity contribution in [3.63, 3.8) is 0 Å². The number of ketones is 1. The molecule has 2 aliphatic carbocycles. The Bertz CT molecular complexity index is 437. The van der Waals surface area contributed by atoms with E-state index in [1.165, 1.54) is 30.4 Å². The van der Waals surface area contributed by atoms with Gasteiger partial charge in [-0.15, -0.1) is 0 Å². The molecule has 2 atom stereocenters. The summed E-state index contributed by atoms with van der Waals surface area (Å²) in [6.45, 7) is 4.18. The summed E-state index contributed by atoms with van der Waals surface area (Å²) in [6.07, 6.45) is 3.91. The number of rotatable bonds is 2. The number of hydrogen-bond donors (Lipinski definition) is 0. The van der Waals surface area contributed by atoms with Crippen LogP contribution in [0, 0.1) is 31.6 Å². The minimum absolute atomic E-state index is 0.371. The van der Waals surface area contributed by atoms with Gasteiger partial charge in [-0.05, 0) is 55.7 Å². The van der Waals surface area contributed by atoms with E-state index in [2.05, 4.69) is 26.0 Å². The monoisotopic (exact) mass is 214 g/mol. The van der Waals surface area contributed by atoms with Gasteiger partial charge in [-0.2, -0.15) is 0 Å². The molecule has 2 saturated carbocycles. The molecule has 0 radical (unpaired) electrons. The molecule has 0 spiro atoms. The minimum atomic E-state index is 0.371. The lowest BCUT2D eigenvalue weighted by Crippen LogP contribution is -2.06. The fraction of sp³-hybridized carbons (Fsp3) is 0.533. The highest BCUT2D eigenvalue weighted by molar-refractivity contribution is 6.00. The van der Waals surface area contributed by atoms with Crippen molar-refractivity contribution in [1.82, 2.24) is 0 Å². The highest BCUT2D eigenvalue weighted by Crippen LogP contribution is 2.58. The molecule has 2 aliphatic rings. The van der Waals surface area contributed by atoms with Gasteiger partial charge in [-0.25, -0.2) is 0 Å². The summed E-state index contributed by atoms with van der Waals surface area (Å²) in [7, 11) is 0. The summed E-state index contributed by atoms with van der Waals surface area (Å²) in [4.78, 5) is 12.3. The van der Waals surface area contributed by atoms with Crippen LogP contribution in [0.15, 0.2) is 18.2 Å². The van der Waals surface area contributed by atoms with Crippen LogP contribution in [0.2, 0.25) is 0 Å². The van der Waals surface area contributed by atoms with Crippen LogP contribution in [-0.4, -0.2) is 5.78 Å². The van der Waals surface area contributed by atoms with Gasteiger partial charge in [0, 0.05) is 11.5 Å². The third-order valence-electron chi connectivity index (χ3n) is 4.50. The summed E-state index contributed by atoms with van der Waals surface area (Å²) in [5, 5.41) is 0. The van der Waals surface area contributed by atoms with E-state index in [1.807, 2.05) is 6.07 Å². The van der Waals surface area contributed by atoms with Crippen molar-refractivity contribution >= 4 is 5.78 Å². The number of benzene rings is 1. The molecule has 2 unspecified atom stereocenters. The largest absolute Gasteiger partial charge is 0.294 e. The van der Waals surface area contributed by atoms with Crippen molar-refractivity contribution in [3.05, 3.63) is 34.9 Å². The van der Waals surface area contributed by atoms with E-state index in [-0.39, 0.29) is 0 Å². The van der Waals surface area contributed by atoms with Crippen LogP contribution in [0.5, 0.6) is 0 Å². The number of hydrogen-bond acceptors (Lipinski definition) is 1. The van der Waals surface area contributed by atoms with Gasteiger partial charge in [0.15, 0.2) is 5.78 Å². The number of Topliss-reactive ketones (excluding diaryl/α,β-unsaturated/α-hetero) is 1. The zero-order chi connectivity index (χ0) is 11.3. The Morgan fingerprint density at radius 2 is 1.81 bits per heavy atom. The maximum absolute atomic E-state index is 12.3. The first kappa shape index (κ1) is 10.1.